The van der Waals surface area contributed by atoms with Gasteiger partial charge in [0.1, 0.15) is 5.78 Å². The van der Waals surface area contributed by atoms with Crippen LogP contribution in [0.4, 0.5) is 0 Å². The monoisotopic (exact) mass is 352 g/mol. The minimum absolute atomic E-state index is 0.00326. The molecule has 4 N–H and O–H groups in total. The number of hydrogen-bond donors (Lipinski definition) is 4. The van der Waals surface area contributed by atoms with Crippen LogP contribution in [0.2, 0.25) is 0 Å². The minimum atomic E-state index is -1.33. The number of aliphatic hydroxyl groups is 4. The predicted molar refractivity (Wildman–Crippen MR) is 91.5 cm³/mol. The van der Waals surface area contributed by atoms with Crippen LogP contribution in [0.1, 0.15) is 53.4 Å². The highest BCUT2D eigenvalue weighted by molar-refractivity contribution is 5.92. The Kier molecular flexibility index (Phi) is 3.62. The van der Waals surface area contributed by atoms with Gasteiger partial charge in [0, 0.05) is 17.3 Å². The van der Waals surface area contributed by atoms with Gasteiger partial charge in [-0.3, -0.25) is 4.79 Å². The van der Waals surface area contributed by atoms with Crippen molar-refractivity contribution in [2.24, 2.45) is 39.9 Å². The van der Waals surface area contributed by atoms with Gasteiger partial charge in [-0.25, -0.2) is 0 Å². The molecule has 0 unspecified atom stereocenters. The van der Waals surface area contributed by atoms with Crippen molar-refractivity contribution in [2.45, 2.75) is 77.8 Å². The summed E-state index contributed by atoms with van der Waals surface area (Å²) in [6, 6.07) is 0. The molecule has 5 heteroatoms. The summed E-state index contributed by atoms with van der Waals surface area (Å²) < 4.78 is 0. The van der Waals surface area contributed by atoms with Crippen molar-refractivity contribution in [1.29, 1.82) is 0 Å². The van der Waals surface area contributed by atoms with Gasteiger partial charge in [0.2, 0.25) is 0 Å². The van der Waals surface area contributed by atoms with E-state index in [9.17, 15) is 25.2 Å². The summed E-state index contributed by atoms with van der Waals surface area (Å²) in [5, 5.41) is 44.3. The summed E-state index contributed by atoms with van der Waals surface area (Å²) in [6.45, 7) is 8.09. The molecule has 2 bridgehead atoms. The second-order valence-corrected chi connectivity index (χ2v) is 10.2. The first-order chi connectivity index (χ1) is 11.5. The molecule has 0 saturated heterocycles. The Balaban J connectivity index is 1.94. The second-order valence-electron chi connectivity index (χ2n) is 10.2. The average Bonchev–Trinajstić information content (AvgIpc) is 2.65. The molecule has 4 aliphatic rings. The Bertz CT molecular complexity index is 603. The fourth-order valence-electron chi connectivity index (χ4n) is 7.75. The van der Waals surface area contributed by atoms with E-state index < -0.39 is 41.2 Å². The van der Waals surface area contributed by atoms with Gasteiger partial charge in [-0.05, 0) is 42.9 Å². The van der Waals surface area contributed by atoms with Crippen LogP contribution in [0.5, 0.6) is 0 Å². The van der Waals surface area contributed by atoms with E-state index in [1.54, 1.807) is 0 Å². The van der Waals surface area contributed by atoms with Crippen molar-refractivity contribution in [2.75, 3.05) is 0 Å². The summed E-state index contributed by atoms with van der Waals surface area (Å²) >= 11 is 0. The van der Waals surface area contributed by atoms with Crippen LogP contribution in [0.25, 0.3) is 0 Å². The maximum Gasteiger partial charge on any atom is 0.147 e. The zero-order valence-electron chi connectivity index (χ0n) is 15.6. The average molecular weight is 352 g/mol. The normalized spacial score (nSPS) is 60.1. The summed E-state index contributed by atoms with van der Waals surface area (Å²) in [5.74, 6) is -1.39. The number of carbonyl (C=O) groups is 1. The summed E-state index contributed by atoms with van der Waals surface area (Å²) in [5.41, 5.74) is -2.11. The van der Waals surface area contributed by atoms with Gasteiger partial charge in [-0.1, -0.05) is 27.7 Å². The lowest BCUT2D eigenvalue weighted by Gasteiger charge is -2.67. The van der Waals surface area contributed by atoms with Gasteiger partial charge in [-0.15, -0.1) is 0 Å². The zero-order valence-corrected chi connectivity index (χ0v) is 15.6. The molecule has 0 heterocycles. The Morgan fingerprint density at radius 1 is 1.00 bits per heavy atom. The van der Waals surface area contributed by atoms with Crippen molar-refractivity contribution >= 4 is 5.78 Å². The van der Waals surface area contributed by atoms with Gasteiger partial charge in [0.25, 0.3) is 0 Å². The van der Waals surface area contributed by atoms with Crippen LogP contribution in [0.3, 0.4) is 0 Å². The molecule has 4 aliphatic carbocycles. The van der Waals surface area contributed by atoms with Crippen molar-refractivity contribution < 1.29 is 25.2 Å². The van der Waals surface area contributed by atoms with Gasteiger partial charge in [0.15, 0.2) is 0 Å². The zero-order chi connectivity index (χ0) is 18.5. The molecule has 0 aromatic rings. The quantitative estimate of drug-likeness (QED) is 0.524. The van der Waals surface area contributed by atoms with Gasteiger partial charge in [-0.2, -0.15) is 0 Å². The molecule has 0 aromatic carbocycles. The van der Waals surface area contributed by atoms with E-state index in [4.69, 9.17) is 0 Å². The number of hydrogen-bond acceptors (Lipinski definition) is 5. The first kappa shape index (κ1) is 17.9. The van der Waals surface area contributed by atoms with E-state index in [1.807, 2.05) is 13.8 Å². The molecule has 0 aliphatic heterocycles. The fourth-order valence-corrected chi connectivity index (χ4v) is 7.75. The lowest BCUT2D eigenvalue weighted by molar-refractivity contribution is -0.274. The molecule has 0 amide bonds. The largest absolute Gasteiger partial charge is 0.393 e. The number of aliphatic hydroxyl groups excluding tert-OH is 4. The summed E-state index contributed by atoms with van der Waals surface area (Å²) in [6.07, 6.45) is -1.09. The molecule has 5 nitrogen and oxygen atoms in total. The molecule has 0 radical (unpaired) electrons. The van der Waals surface area contributed by atoms with Crippen LogP contribution in [0.15, 0.2) is 0 Å². The second kappa shape index (κ2) is 5.06. The fraction of sp³-hybridized carbons (Fsp3) is 0.950. The van der Waals surface area contributed by atoms with E-state index in [0.717, 1.165) is 6.42 Å². The highest BCUT2D eigenvalue weighted by Crippen LogP contribution is 2.71. The van der Waals surface area contributed by atoms with E-state index in [0.29, 0.717) is 19.3 Å². The van der Waals surface area contributed by atoms with Crippen LogP contribution < -0.4 is 0 Å². The predicted octanol–water partition coefficient (Wildman–Crippen LogP) is 1.12. The third-order valence-electron chi connectivity index (χ3n) is 8.95. The molecule has 10 atom stereocenters. The Morgan fingerprint density at radius 3 is 2.28 bits per heavy atom. The third-order valence-corrected chi connectivity index (χ3v) is 8.95. The number of Topliss-reactive ketones (excluding diaryl/α,β-unsaturated/α-hetero) is 1. The van der Waals surface area contributed by atoms with Gasteiger partial charge < -0.3 is 20.4 Å². The van der Waals surface area contributed by atoms with Crippen molar-refractivity contribution in [3.05, 3.63) is 0 Å². The smallest absolute Gasteiger partial charge is 0.147 e. The minimum Gasteiger partial charge on any atom is -0.393 e. The topological polar surface area (TPSA) is 98.0 Å². The van der Waals surface area contributed by atoms with Gasteiger partial charge in [0.05, 0.1) is 29.8 Å². The van der Waals surface area contributed by atoms with Crippen molar-refractivity contribution in [1.82, 2.24) is 0 Å². The van der Waals surface area contributed by atoms with Gasteiger partial charge >= 0.3 is 0 Å². The van der Waals surface area contributed by atoms with Crippen LogP contribution in [-0.2, 0) is 4.79 Å². The number of ketones is 1. The standard InChI is InChI=1S/C20H32O5/c1-9-10-7-11(21)15-19(4)12(18(2,3)6-5-13(19)22)8-14(23)20(15,16(9)24)17(10)25/h9-15,17,21-23,25H,5-8H2,1-4H3/t9-,10-,11-,12-,13+,14+,15-,17+,19-,20-/m0/s1. The molecule has 4 rings (SSSR count). The van der Waals surface area contributed by atoms with Crippen LogP contribution in [-0.4, -0.2) is 50.6 Å². The molecule has 1 spiro atoms. The number of fused-ring (bicyclic) bond motifs is 3. The Morgan fingerprint density at radius 2 is 1.64 bits per heavy atom. The molecule has 142 valence electrons. The van der Waals surface area contributed by atoms with E-state index in [2.05, 4.69) is 13.8 Å². The molecular formula is C20H32O5. The maximum atomic E-state index is 13.3. The lowest BCUT2D eigenvalue weighted by Crippen LogP contribution is -2.72. The first-order valence-corrected chi connectivity index (χ1v) is 9.77. The third kappa shape index (κ3) is 1.81. The van der Waals surface area contributed by atoms with Crippen LogP contribution >= 0.6 is 0 Å². The lowest BCUT2D eigenvalue weighted by atomic mass is 9.38. The number of rotatable bonds is 0. The Hall–Kier alpha value is -0.490. The van der Waals surface area contributed by atoms with Crippen molar-refractivity contribution in [3.63, 3.8) is 0 Å². The van der Waals surface area contributed by atoms with E-state index >= 15 is 0 Å². The molecule has 25 heavy (non-hydrogen) atoms. The number of carbonyl (C=O) groups excluding carboxylic acids is 1. The molecular weight excluding hydrogens is 320 g/mol. The maximum absolute atomic E-state index is 13.3. The van der Waals surface area contributed by atoms with E-state index in [-0.39, 0.29) is 29.0 Å². The highest BCUT2D eigenvalue weighted by Gasteiger charge is 2.77. The first-order valence-electron chi connectivity index (χ1n) is 9.77. The summed E-state index contributed by atoms with van der Waals surface area (Å²) in [7, 11) is 0. The molecule has 4 saturated carbocycles. The molecule has 0 aromatic heterocycles. The van der Waals surface area contributed by atoms with Crippen molar-refractivity contribution in [3.8, 4) is 0 Å². The van der Waals surface area contributed by atoms with Crippen LogP contribution in [0, 0.1) is 39.9 Å². The highest BCUT2D eigenvalue weighted by atomic mass is 16.3. The Labute approximate surface area is 149 Å². The SMILES string of the molecule is C[C@@H]1C(=O)[C@]23[C@H](O)C[C@H]4C(C)(C)CC[C@@H](O)[C@@]4(C)[C@@H]2[C@@H](O)C[C@@H]1[C@H]3O. The molecule has 4 fully saturated rings. The summed E-state index contributed by atoms with van der Waals surface area (Å²) in [4.78, 5) is 13.3. The van der Waals surface area contributed by atoms with E-state index in [1.165, 1.54) is 0 Å².